The molecular weight excluding hydrogens is 238 g/mol. The van der Waals surface area contributed by atoms with Crippen LogP contribution in [0.15, 0.2) is 18.2 Å². The SMILES string of the molecule is NN1c2cccc(Cl)c2OCC1CN1CCC1. The van der Waals surface area contributed by atoms with E-state index in [-0.39, 0.29) is 6.04 Å². The van der Waals surface area contributed by atoms with E-state index in [9.17, 15) is 0 Å². The van der Waals surface area contributed by atoms with Crippen LogP contribution in [0.2, 0.25) is 5.02 Å². The summed E-state index contributed by atoms with van der Waals surface area (Å²) >= 11 is 6.08. The Morgan fingerprint density at radius 1 is 1.41 bits per heavy atom. The van der Waals surface area contributed by atoms with Crippen LogP contribution in [0, 0.1) is 0 Å². The molecule has 4 nitrogen and oxygen atoms in total. The van der Waals surface area contributed by atoms with E-state index >= 15 is 0 Å². The fraction of sp³-hybridized carbons (Fsp3) is 0.500. The largest absolute Gasteiger partial charge is 0.488 e. The number of anilines is 1. The van der Waals surface area contributed by atoms with Crippen molar-refractivity contribution in [2.45, 2.75) is 12.5 Å². The molecule has 0 bridgehead atoms. The molecule has 5 heteroatoms. The lowest BCUT2D eigenvalue weighted by molar-refractivity contribution is 0.143. The second-order valence-electron chi connectivity index (χ2n) is 4.61. The van der Waals surface area contributed by atoms with Crippen molar-refractivity contribution in [1.82, 2.24) is 4.90 Å². The van der Waals surface area contributed by atoms with Crippen LogP contribution in [-0.2, 0) is 0 Å². The summed E-state index contributed by atoms with van der Waals surface area (Å²) in [6.07, 6.45) is 1.29. The van der Waals surface area contributed by atoms with Crippen LogP contribution in [0.5, 0.6) is 5.75 Å². The molecule has 1 aromatic carbocycles. The predicted octanol–water partition coefficient (Wildman–Crippen LogP) is 1.49. The highest BCUT2D eigenvalue weighted by atomic mass is 35.5. The summed E-state index contributed by atoms with van der Waals surface area (Å²) in [6, 6.07) is 5.88. The molecule has 2 aliphatic heterocycles. The highest BCUT2D eigenvalue weighted by Gasteiger charge is 2.29. The second kappa shape index (κ2) is 4.37. The first-order valence-electron chi connectivity index (χ1n) is 5.93. The first-order chi connectivity index (χ1) is 8.25. The highest BCUT2D eigenvalue weighted by molar-refractivity contribution is 6.32. The van der Waals surface area contributed by atoms with E-state index in [4.69, 9.17) is 22.2 Å². The van der Waals surface area contributed by atoms with Crippen molar-refractivity contribution in [2.24, 2.45) is 5.84 Å². The number of hydrogen-bond acceptors (Lipinski definition) is 4. The van der Waals surface area contributed by atoms with Gasteiger partial charge in [0, 0.05) is 6.54 Å². The molecule has 1 atom stereocenters. The van der Waals surface area contributed by atoms with Gasteiger partial charge in [-0.1, -0.05) is 17.7 Å². The molecule has 2 aliphatic rings. The summed E-state index contributed by atoms with van der Waals surface area (Å²) < 4.78 is 5.73. The van der Waals surface area contributed by atoms with Crippen LogP contribution < -0.4 is 15.6 Å². The van der Waals surface area contributed by atoms with Gasteiger partial charge in [0.25, 0.3) is 0 Å². The molecule has 0 spiro atoms. The van der Waals surface area contributed by atoms with E-state index in [1.165, 1.54) is 19.5 Å². The summed E-state index contributed by atoms with van der Waals surface area (Å²) in [7, 11) is 0. The molecule has 1 fully saturated rings. The lowest BCUT2D eigenvalue weighted by Gasteiger charge is -2.40. The minimum Gasteiger partial charge on any atom is -0.488 e. The number of hydrazine groups is 1. The molecular formula is C12H16ClN3O. The lowest BCUT2D eigenvalue weighted by Crippen LogP contribution is -2.55. The van der Waals surface area contributed by atoms with Gasteiger partial charge < -0.3 is 9.64 Å². The molecule has 0 amide bonds. The Morgan fingerprint density at radius 2 is 2.24 bits per heavy atom. The van der Waals surface area contributed by atoms with Gasteiger partial charge in [-0.3, -0.25) is 5.01 Å². The van der Waals surface area contributed by atoms with Crippen molar-refractivity contribution in [1.29, 1.82) is 0 Å². The van der Waals surface area contributed by atoms with Crippen molar-refractivity contribution in [3.63, 3.8) is 0 Å². The lowest BCUT2D eigenvalue weighted by atomic mass is 10.1. The van der Waals surface area contributed by atoms with Gasteiger partial charge in [-0.05, 0) is 31.6 Å². The van der Waals surface area contributed by atoms with E-state index in [1.807, 2.05) is 18.2 Å². The molecule has 2 heterocycles. The zero-order valence-corrected chi connectivity index (χ0v) is 10.4. The zero-order chi connectivity index (χ0) is 11.8. The van der Waals surface area contributed by atoms with Gasteiger partial charge in [-0.15, -0.1) is 0 Å². The number of likely N-dealkylation sites (tertiary alicyclic amines) is 1. The number of para-hydroxylation sites is 1. The summed E-state index contributed by atoms with van der Waals surface area (Å²) in [5, 5.41) is 2.42. The van der Waals surface area contributed by atoms with Crippen molar-refractivity contribution < 1.29 is 4.74 Å². The third-order valence-corrected chi connectivity index (χ3v) is 3.75. The number of halogens is 1. The van der Waals surface area contributed by atoms with E-state index in [2.05, 4.69) is 4.90 Å². The summed E-state index contributed by atoms with van der Waals surface area (Å²) in [4.78, 5) is 2.39. The summed E-state index contributed by atoms with van der Waals surface area (Å²) in [6.45, 7) is 3.91. The van der Waals surface area contributed by atoms with Crippen LogP contribution in [0.25, 0.3) is 0 Å². The Balaban J connectivity index is 1.79. The van der Waals surface area contributed by atoms with E-state index < -0.39 is 0 Å². The van der Waals surface area contributed by atoms with Gasteiger partial charge in [-0.25, -0.2) is 5.84 Å². The molecule has 17 heavy (non-hydrogen) atoms. The number of rotatable bonds is 2. The third kappa shape index (κ3) is 1.97. The Kier molecular flexibility index (Phi) is 2.86. The maximum atomic E-state index is 6.15. The minimum atomic E-state index is 0.210. The zero-order valence-electron chi connectivity index (χ0n) is 9.60. The number of nitrogens with two attached hydrogens (primary N) is 1. The van der Waals surface area contributed by atoms with Crippen LogP contribution in [-0.4, -0.2) is 37.2 Å². The Labute approximate surface area is 106 Å². The second-order valence-corrected chi connectivity index (χ2v) is 5.02. The molecule has 0 radical (unpaired) electrons. The molecule has 0 saturated carbocycles. The van der Waals surface area contributed by atoms with Gasteiger partial charge in [0.2, 0.25) is 0 Å². The van der Waals surface area contributed by atoms with E-state index in [0.29, 0.717) is 17.4 Å². The Morgan fingerprint density at radius 3 is 2.94 bits per heavy atom. The van der Waals surface area contributed by atoms with Gasteiger partial charge in [0.05, 0.1) is 16.8 Å². The van der Waals surface area contributed by atoms with Gasteiger partial charge >= 0.3 is 0 Å². The molecule has 1 saturated heterocycles. The molecule has 2 N–H and O–H groups in total. The average molecular weight is 254 g/mol. The number of fused-ring (bicyclic) bond motifs is 1. The van der Waals surface area contributed by atoms with Crippen LogP contribution in [0.4, 0.5) is 5.69 Å². The molecule has 1 unspecified atom stereocenters. The number of ether oxygens (including phenoxy) is 1. The highest BCUT2D eigenvalue weighted by Crippen LogP contribution is 2.38. The standard InChI is InChI=1S/C12H16ClN3O/c13-10-3-1-4-11-12(10)17-8-9(16(11)14)7-15-5-2-6-15/h1,3-4,9H,2,5-8,14H2. The number of hydrogen-bond donors (Lipinski definition) is 1. The molecule has 92 valence electrons. The summed E-state index contributed by atoms with van der Waals surface area (Å²) in [5.74, 6) is 6.86. The van der Waals surface area contributed by atoms with Crippen LogP contribution >= 0.6 is 11.6 Å². The predicted molar refractivity (Wildman–Crippen MR) is 68.5 cm³/mol. The average Bonchev–Trinajstić information content (AvgIpc) is 2.27. The monoisotopic (exact) mass is 253 g/mol. The minimum absolute atomic E-state index is 0.210. The van der Waals surface area contributed by atoms with Crippen molar-refractivity contribution in [3.8, 4) is 5.75 Å². The first kappa shape index (κ1) is 11.1. The summed E-state index contributed by atoms with van der Waals surface area (Å²) in [5.41, 5.74) is 0.884. The van der Waals surface area contributed by atoms with Crippen molar-refractivity contribution in [2.75, 3.05) is 31.3 Å². The van der Waals surface area contributed by atoms with Crippen molar-refractivity contribution in [3.05, 3.63) is 23.2 Å². The molecule has 3 rings (SSSR count). The number of benzene rings is 1. The quantitative estimate of drug-likeness (QED) is 0.811. The fourth-order valence-corrected chi connectivity index (χ4v) is 2.53. The molecule has 0 aromatic heterocycles. The maximum absolute atomic E-state index is 6.15. The van der Waals surface area contributed by atoms with Gasteiger partial charge in [0.15, 0.2) is 5.75 Å². The normalized spacial score (nSPS) is 23.9. The molecule has 1 aromatic rings. The smallest absolute Gasteiger partial charge is 0.162 e. The van der Waals surface area contributed by atoms with Crippen LogP contribution in [0.3, 0.4) is 0 Å². The van der Waals surface area contributed by atoms with Crippen LogP contribution in [0.1, 0.15) is 6.42 Å². The Hall–Kier alpha value is -0.970. The fourth-order valence-electron chi connectivity index (χ4n) is 2.30. The van der Waals surface area contributed by atoms with E-state index in [0.717, 1.165) is 12.2 Å². The Bertz CT molecular complexity index is 422. The molecule has 0 aliphatic carbocycles. The number of nitrogens with zero attached hydrogens (tertiary/aromatic N) is 2. The van der Waals surface area contributed by atoms with Gasteiger partial charge in [0.1, 0.15) is 6.61 Å². The van der Waals surface area contributed by atoms with E-state index in [1.54, 1.807) is 5.01 Å². The van der Waals surface area contributed by atoms with Gasteiger partial charge in [-0.2, -0.15) is 0 Å². The third-order valence-electron chi connectivity index (χ3n) is 3.46. The maximum Gasteiger partial charge on any atom is 0.162 e. The topological polar surface area (TPSA) is 41.7 Å². The van der Waals surface area contributed by atoms with Crippen molar-refractivity contribution >= 4 is 17.3 Å². The first-order valence-corrected chi connectivity index (χ1v) is 6.31.